The summed E-state index contributed by atoms with van der Waals surface area (Å²) in [5.74, 6) is 0.487. The highest BCUT2D eigenvalue weighted by Gasteiger charge is 2.32. The minimum atomic E-state index is -0.0593. The molecule has 0 aliphatic heterocycles. The number of amides is 1. The lowest BCUT2D eigenvalue weighted by molar-refractivity contribution is 0.0923. The third-order valence-electron chi connectivity index (χ3n) is 3.31. The molecule has 0 spiro atoms. The Morgan fingerprint density at radius 1 is 1.56 bits per heavy atom. The molecule has 0 radical (unpaired) electrons. The van der Waals surface area contributed by atoms with Gasteiger partial charge in [-0.05, 0) is 60.2 Å². The SMILES string of the molecule is Cc1ccc(Br)c(C(=O)NC(CCO)C2CC2)c1. The summed E-state index contributed by atoms with van der Waals surface area (Å²) in [6.07, 6.45) is 2.94. The largest absolute Gasteiger partial charge is 0.396 e. The lowest BCUT2D eigenvalue weighted by Crippen LogP contribution is -2.37. The van der Waals surface area contributed by atoms with E-state index in [-0.39, 0.29) is 18.6 Å². The molecule has 0 aromatic heterocycles. The van der Waals surface area contributed by atoms with Crippen LogP contribution in [0.25, 0.3) is 0 Å². The average molecular weight is 312 g/mol. The fourth-order valence-corrected chi connectivity index (χ4v) is 2.55. The fraction of sp³-hybridized carbons (Fsp3) is 0.500. The molecule has 1 aliphatic rings. The molecule has 0 saturated heterocycles. The molecular weight excluding hydrogens is 294 g/mol. The van der Waals surface area contributed by atoms with E-state index in [9.17, 15) is 4.79 Å². The van der Waals surface area contributed by atoms with E-state index in [0.717, 1.165) is 22.9 Å². The maximum absolute atomic E-state index is 12.2. The summed E-state index contributed by atoms with van der Waals surface area (Å²) in [6, 6.07) is 5.84. The predicted octanol–water partition coefficient (Wildman–Crippen LogP) is 2.65. The van der Waals surface area contributed by atoms with Crippen LogP contribution in [0.5, 0.6) is 0 Å². The van der Waals surface area contributed by atoms with Crippen LogP contribution >= 0.6 is 15.9 Å². The van der Waals surface area contributed by atoms with Crippen molar-refractivity contribution in [2.75, 3.05) is 6.61 Å². The van der Waals surface area contributed by atoms with E-state index in [1.54, 1.807) is 0 Å². The van der Waals surface area contributed by atoms with Gasteiger partial charge in [0.1, 0.15) is 0 Å². The Kier molecular flexibility index (Phi) is 4.40. The Hall–Kier alpha value is -0.870. The Balaban J connectivity index is 2.07. The zero-order chi connectivity index (χ0) is 13.1. The first-order valence-corrected chi connectivity index (χ1v) is 7.09. The van der Waals surface area contributed by atoms with Gasteiger partial charge in [-0.3, -0.25) is 4.79 Å². The van der Waals surface area contributed by atoms with Gasteiger partial charge in [0.2, 0.25) is 0 Å². The van der Waals surface area contributed by atoms with E-state index in [0.29, 0.717) is 17.9 Å². The monoisotopic (exact) mass is 311 g/mol. The highest BCUT2D eigenvalue weighted by molar-refractivity contribution is 9.10. The van der Waals surface area contributed by atoms with Crippen molar-refractivity contribution < 1.29 is 9.90 Å². The molecule has 1 fully saturated rings. The molecule has 1 saturated carbocycles. The van der Waals surface area contributed by atoms with Crippen LogP contribution in [0.1, 0.15) is 35.2 Å². The van der Waals surface area contributed by atoms with E-state index in [2.05, 4.69) is 21.2 Å². The van der Waals surface area contributed by atoms with Crippen molar-refractivity contribution in [2.24, 2.45) is 5.92 Å². The Morgan fingerprint density at radius 3 is 2.89 bits per heavy atom. The first-order chi connectivity index (χ1) is 8.61. The second kappa shape index (κ2) is 5.85. The zero-order valence-electron chi connectivity index (χ0n) is 10.4. The van der Waals surface area contributed by atoms with Crippen molar-refractivity contribution in [1.82, 2.24) is 5.32 Å². The molecule has 0 bridgehead atoms. The third-order valence-corrected chi connectivity index (χ3v) is 4.01. The normalized spacial score (nSPS) is 16.4. The Labute approximate surface area is 116 Å². The maximum atomic E-state index is 12.2. The van der Waals surface area contributed by atoms with Crippen molar-refractivity contribution in [2.45, 2.75) is 32.2 Å². The van der Waals surface area contributed by atoms with E-state index >= 15 is 0 Å². The Bertz CT molecular complexity index is 443. The van der Waals surface area contributed by atoms with Gasteiger partial charge in [0.05, 0.1) is 5.56 Å². The van der Waals surface area contributed by atoms with Gasteiger partial charge in [0, 0.05) is 17.1 Å². The average Bonchev–Trinajstić information content (AvgIpc) is 3.15. The number of hydrogen-bond acceptors (Lipinski definition) is 2. The van der Waals surface area contributed by atoms with Gasteiger partial charge in [0.15, 0.2) is 0 Å². The number of aryl methyl sites for hydroxylation is 1. The molecule has 1 amide bonds. The first-order valence-electron chi connectivity index (χ1n) is 6.29. The molecular formula is C14H18BrNO2. The van der Waals surface area contributed by atoms with Crippen molar-refractivity contribution in [1.29, 1.82) is 0 Å². The highest BCUT2D eigenvalue weighted by atomic mass is 79.9. The first kappa shape index (κ1) is 13.6. The molecule has 1 unspecified atom stereocenters. The fourth-order valence-electron chi connectivity index (χ4n) is 2.12. The van der Waals surface area contributed by atoms with Crippen molar-refractivity contribution in [3.05, 3.63) is 33.8 Å². The summed E-state index contributed by atoms with van der Waals surface area (Å²) >= 11 is 3.40. The molecule has 1 aliphatic carbocycles. The molecule has 0 heterocycles. The number of carbonyl (C=O) groups excluding carboxylic acids is 1. The van der Waals surface area contributed by atoms with E-state index in [1.807, 2.05) is 25.1 Å². The summed E-state index contributed by atoms with van der Waals surface area (Å²) in [5.41, 5.74) is 1.73. The van der Waals surface area contributed by atoms with Gasteiger partial charge < -0.3 is 10.4 Å². The van der Waals surface area contributed by atoms with Crippen molar-refractivity contribution in [3.63, 3.8) is 0 Å². The summed E-state index contributed by atoms with van der Waals surface area (Å²) < 4.78 is 0.809. The molecule has 18 heavy (non-hydrogen) atoms. The van der Waals surface area contributed by atoms with E-state index < -0.39 is 0 Å². The van der Waals surface area contributed by atoms with Gasteiger partial charge in [-0.2, -0.15) is 0 Å². The topological polar surface area (TPSA) is 49.3 Å². The minimum absolute atomic E-state index is 0.0593. The number of hydrogen-bond donors (Lipinski definition) is 2. The maximum Gasteiger partial charge on any atom is 0.252 e. The number of halogens is 1. The molecule has 2 N–H and O–H groups in total. The quantitative estimate of drug-likeness (QED) is 0.878. The number of carbonyl (C=O) groups is 1. The second-order valence-electron chi connectivity index (χ2n) is 4.91. The zero-order valence-corrected chi connectivity index (χ0v) is 12.0. The summed E-state index contributed by atoms with van der Waals surface area (Å²) in [5, 5.41) is 12.1. The van der Waals surface area contributed by atoms with Crippen LogP contribution in [-0.4, -0.2) is 23.7 Å². The van der Waals surface area contributed by atoms with Gasteiger partial charge >= 0.3 is 0 Å². The van der Waals surface area contributed by atoms with E-state index in [4.69, 9.17) is 5.11 Å². The summed E-state index contributed by atoms with van der Waals surface area (Å²) in [4.78, 5) is 12.2. The number of nitrogens with one attached hydrogen (secondary N) is 1. The molecule has 1 aromatic rings. The van der Waals surface area contributed by atoms with Gasteiger partial charge in [-0.25, -0.2) is 0 Å². The number of benzene rings is 1. The number of aliphatic hydroxyl groups is 1. The lowest BCUT2D eigenvalue weighted by Gasteiger charge is -2.17. The van der Waals surface area contributed by atoms with Crippen LogP contribution in [0.2, 0.25) is 0 Å². The molecule has 1 aromatic carbocycles. The number of rotatable bonds is 5. The standard InChI is InChI=1S/C14H18BrNO2/c1-9-2-5-12(15)11(8-9)14(18)16-13(6-7-17)10-3-4-10/h2,5,8,10,13,17H,3-4,6-7H2,1H3,(H,16,18). The molecule has 4 heteroatoms. The van der Waals surface area contributed by atoms with Crippen LogP contribution in [0.4, 0.5) is 0 Å². The van der Waals surface area contributed by atoms with Crippen LogP contribution in [0.15, 0.2) is 22.7 Å². The van der Waals surface area contributed by atoms with Crippen LogP contribution in [0, 0.1) is 12.8 Å². The predicted molar refractivity (Wildman–Crippen MR) is 74.6 cm³/mol. The van der Waals surface area contributed by atoms with E-state index in [1.165, 1.54) is 0 Å². The number of aliphatic hydroxyl groups excluding tert-OH is 1. The molecule has 3 nitrogen and oxygen atoms in total. The van der Waals surface area contributed by atoms with Gasteiger partial charge in [0.25, 0.3) is 5.91 Å². The Morgan fingerprint density at radius 2 is 2.28 bits per heavy atom. The summed E-state index contributed by atoms with van der Waals surface area (Å²) in [7, 11) is 0. The van der Waals surface area contributed by atoms with Crippen LogP contribution in [-0.2, 0) is 0 Å². The third kappa shape index (κ3) is 3.33. The minimum Gasteiger partial charge on any atom is -0.396 e. The van der Waals surface area contributed by atoms with Gasteiger partial charge in [-0.15, -0.1) is 0 Å². The van der Waals surface area contributed by atoms with Crippen molar-refractivity contribution >= 4 is 21.8 Å². The molecule has 1 atom stereocenters. The molecule has 2 rings (SSSR count). The molecule has 98 valence electrons. The van der Waals surface area contributed by atoms with Crippen LogP contribution < -0.4 is 5.32 Å². The van der Waals surface area contributed by atoms with Crippen molar-refractivity contribution in [3.8, 4) is 0 Å². The van der Waals surface area contributed by atoms with Gasteiger partial charge in [-0.1, -0.05) is 11.6 Å². The smallest absolute Gasteiger partial charge is 0.252 e. The highest BCUT2D eigenvalue weighted by Crippen LogP contribution is 2.34. The second-order valence-corrected chi connectivity index (χ2v) is 5.77. The van der Waals surface area contributed by atoms with Crippen LogP contribution in [0.3, 0.4) is 0 Å². The summed E-state index contributed by atoms with van der Waals surface area (Å²) in [6.45, 7) is 2.09. The lowest BCUT2D eigenvalue weighted by atomic mass is 10.1.